The number of carbonyl (C=O) groups is 1. The Balaban J connectivity index is 3.05. The molecule has 0 fully saturated rings. The number of hydrogen-bond donors (Lipinski definition) is 0. The molecule has 0 aliphatic carbocycles. The SMILES string of the molecule is C=CCC(=O)OCCCCCCOC. The Morgan fingerprint density at radius 3 is 2.43 bits per heavy atom. The number of ether oxygens (including phenoxy) is 2. The molecule has 0 aliphatic heterocycles. The summed E-state index contributed by atoms with van der Waals surface area (Å²) in [5.41, 5.74) is 0. The molecule has 82 valence electrons. The molecule has 0 heterocycles. The van der Waals surface area contributed by atoms with Gasteiger partial charge >= 0.3 is 5.97 Å². The van der Waals surface area contributed by atoms with Gasteiger partial charge in [-0.05, 0) is 19.3 Å². The van der Waals surface area contributed by atoms with Gasteiger partial charge in [-0.1, -0.05) is 12.5 Å². The largest absolute Gasteiger partial charge is 0.465 e. The maximum Gasteiger partial charge on any atom is 0.309 e. The summed E-state index contributed by atoms with van der Waals surface area (Å²) < 4.78 is 9.87. The Bertz CT molecular complexity index is 155. The molecule has 0 saturated carbocycles. The fraction of sp³-hybridized carbons (Fsp3) is 0.727. The highest BCUT2D eigenvalue weighted by Crippen LogP contribution is 2.00. The lowest BCUT2D eigenvalue weighted by molar-refractivity contribution is -0.142. The lowest BCUT2D eigenvalue weighted by Crippen LogP contribution is -2.04. The summed E-state index contributed by atoms with van der Waals surface area (Å²) in [6.45, 7) is 4.81. The molecule has 0 spiro atoms. The second-order valence-corrected chi connectivity index (χ2v) is 3.12. The average Bonchev–Trinajstić information content (AvgIpc) is 2.17. The first-order valence-corrected chi connectivity index (χ1v) is 5.06. The number of esters is 1. The monoisotopic (exact) mass is 200 g/mol. The van der Waals surface area contributed by atoms with Crippen LogP contribution >= 0.6 is 0 Å². The topological polar surface area (TPSA) is 35.5 Å². The van der Waals surface area contributed by atoms with E-state index < -0.39 is 0 Å². The zero-order valence-electron chi connectivity index (χ0n) is 8.96. The van der Waals surface area contributed by atoms with Crippen molar-refractivity contribution in [3.63, 3.8) is 0 Å². The van der Waals surface area contributed by atoms with Crippen molar-refractivity contribution in [3.05, 3.63) is 12.7 Å². The Morgan fingerprint density at radius 1 is 1.21 bits per heavy atom. The third-order valence-corrected chi connectivity index (χ3v) is 1.82. The lowest BCUT2D eigenvalue weighted by Gasteiger charge is -2.02. The second kappa shape index (κ2) is 10.3. The van der Waals surface area contributed by atoms with Crippen LogP contribution in [0, 0.1) is 0 Å². The third-order valence-electron chi connectivity index (χ3n) is 1.82. The molecular weight excluding hydrogens is 180 g/mol. The molecule has 0 radical (unpaired) electrons. The minimum atomic E-state index is -0.183. The van der Waals surface area contributed by atoms with Crippen molar-refractivity contribution in [2.45, 2.75) is 32.1 Å². The van der Waals surface area contributed by atoms with Gasteiger partial charge in [0.15, 0.2) is 0 Å². The third kappa shape index (κ3) is 9.26. The first kappa shape index (κ1) is 13.2. The molecular formula is C11H20O3. The van der Waals surface area contributed by atoms with Gasteiger partial charge < -0.3 is 9.47 Å². The van der Waals surface area contributed by atoms with Crippen LogP contribution in [0.15, 0.2) is 12.7 Å². The number of methoxy groups -OCH3 is 1. The second-order valence-electron chi connectivity index (χ2n) is 3.12. The van der Waals surface area contributed by atoms with Crippen molar-refractivity contribution >= 4 is 5.97 Å². The number of hydrogen-bond acceptors (Lipinski definition) is 3. The van der Waals surface area contributed by atoms with Gasteiger partial charge in [0.2, 0.25) is 0 Å². The fourth-order valence-corrected chi connectivity index (χ4v) is 1.06. The van der Waals surface area contributed by atoms with Crippen LogP contribution in [0.2, 0.25) is 0 Å². The van der Waals surface area contributed by atoms with Gasteiger partial charge in [0.1, 0.15) is 0 Å². The summed E-state index contributed by atoms with van der Waals surface area (Å²) in [5.74, 6) is -0.183. The van der Waals surface area contributed by atoms with Crippen molar-refractivity contribution < 1.29 is 14.3 Å². The summed E-state index contributed by atoms with van der Waals surface area (Å²) in [5, 5.41) is 0. The molecule has 3 nitrogen and oxygen atoms in total. The smallest absolute Gasteiger partial charge is 0.309 e. The van der Waals surface area contributed by atoms with E-state index in [-0.39, 0.29) is 5.97 Å². The van der Waals surface area contributed by atoms with E-state index in [2.05, 4.69) is 6.58 Å². The van der Waals surface area contributed by atoms with E-state index in [4.69, 9.17) is 9.47 Å². The van der Waals surface area contributed by atoms with Crippen molar-refractivity contribution in [1.29, 1.82) is 0 Å². The van der Waals surface area contributed by atoms with Crippen molar-refractivity contribution in [1.82, 2.24) is 0 Å². The fourth-order valence-electron chi connectivity index (χ4n) is 1.06. The lowest BCUT2D eigenvalue weighted by atomic mass is 10.2. The van der Waals surface area contributed by atoms with E-state index in [1.165, 1.54) is 0 Å². The number of unbranched alkanes of at least 4 members (excludes halogenated alkanes) is 3. The van der Waals surface area contributed by atoms with Crippen LogP contribution in [0.25, 0.3) is 0 Å². The molecule has 0 aliphatic rings. The van der Waals surface area contributed by atoms with Gasteiger partial charge in [-0.25, -0.2) is 0 Å². The molecule has 0 saturated heterocycles. The summed E-state index contributed by atoms with van der Waals surface area (Å²) in [7, 11) is 1.71. The molecule has 0 aromatic heterocycles. The summed E-state index contributed by atoms with van der Waals surface area (Å²) >= 11 is 0. The van der Waals surface area contributed by atoms with Crippen LogP contribution in [0.4, 0.5) is 0 Å². The molecule has 0 rings (SSSR count). The maximum atomic E-state index is 10.9. The van der Waals surface area contributed by atoms with E-state index in [0.717, 1.165) is 32.3 Å². The van der Waals surface area contributed by atoms with Crippen LogP contribution < -0.4 is 0 Å². The van der Waals surface area contributed by atoms with Crippen LogP contribution in [0.3, 0.4) is 0 Å². The molecule has 0 aromatic carbocycles. The Hall–Kier alpha value is -0.830. The molecule has 14 heavy (non-hydrogen) atoms. The summed E-state index contributed by atoms with van der Waals surface area (Å²) in [4.78, 5) is 10.9. The van der Waals surface area contributed by atoms with Crippen molar-refractivity contribution in [2.24, 2.45) is 0 Å². The first-order chi connectivity index (χ1) is 6.81. The Labute approximate surface area is 86.1 Å². The van der Waals surface area contributed by atoms with Crippen LogP contribution in [-0.4, -0.2) is 26.3 Å². The summed E-state index contributed by atoms with van der Waals surface area (Å²) in [6, 6.07) is 0. The average molecular weight is 200 g/mol. The standard InChI is InChI=1S/C11H20O3/c1-3-8-11(12)14-10-7-5-4-6-9-13-2/h3H,1,4-10H2,2H3. The molecule has 0 atom stereocenters. The van der Waals surface area contributed by atoms with E-state index >= 15 is 0 Å². The van der Waals surface area contributed by atoms with Gasteiger partial charge in [0.05, 0.1) is 13.0 Å². The van der Waals surface area contributed by atoms with Crippen LogP contribution in [-0.2, 0) is 14.3 Å². The minimum absolute atomic E-state index is 0.183. The van der Waals surface area contributed by atoms with Gasteiger partial charge in [-0.2, -0.15) is 0 Å². The predicted octanol–water partition coefficient (Wildman–Crippen LogP) is 2.31. The van der Waals surface area contributed by atoms with E-state index in [1.54, 1.807) is 13.2 Å². The number of carbonyl (C=O) groups excluding carboxylic acids is 1. The van der Waals surface area contributed by atoms with Gasteiger partial charge in [-0.15, -0.1) is 6.58 Å². The molecule has 0 amide bonds. The number of rotatable bonds is 9. The van der Waals surface area contributed by atoms with Gasteiger partial charge in [-0.3, -0.25) is 4.79 Å². The molecule has 0 N–H and O–H groups in total. The zero-order valence-corrected chi connectivity index (χ0v) is 8.96. The van der Waals surface area contributed by atoms with Crippen molar-refractivity contribution in [3.8, 4) is 0 Å². The minimum Gasteiger partial charge on any atom is -0.465 e. The van der Waals surface area contributed by atoms with Gasteiger partial charge in [0, 0.05) is 13.7 Å². The highest BCUT2D eigenvalue weighted by molar-refractivity contribution is 5.70. The molecule has 0 aromatic rings. The van der Waals surface area contributed by atoms with Crippen molar-refractivity contribution in [2.75, 3.05) is 20.3 Å². The first-order valence-electron chi connectivity index (χ1n) is 5.06. The Kier molecular flexibility index (Phi) is 9.64. The van der Waals surface area contributed by atoms with Crippen LogP contribution in [0.1, 0.15) is 32.1 Å². The van der Waals surface area contributed by atoms with Gasteiger partial charge in [0.25, 0.3) is 0 Å². The molecule has 3 heteroatoms. The normalized spacial score (nSPS) is 9.79. The predicted molar refractivity (Wildman–Crippen MR) is 56.1 cm³/mol. The van der Waals surface area contributed by atoms with E-state index in [0.29, 0.717) is 13.0 Å². The summed E-state index contributed by atoms with van der Waals surface area (Å²) in [6.07, 6.45) is 6.10. The highest BCUT2D eigenvalue weighted by atomic mass is 16.5. The zero-order chi connectivity index (χ0) is 10.6. The molecule has 0 bridgehead atoms. The Morgan fingerprint density at radius 2 is 1.86 bits per heavy atom. The maximum absolute atomic E-state index is 10.9. The van der Waals surface area contributed by atoms with Crippen LogP contribution in [0.5, 0.6) is 0 Å². The molecule has 0 unspecified atom stereocenters. The van der Waals surface area contributed by atoms with E-state index in [9.17, 15) is 4.79 Å². The quantitative estimate of drug-likeness (QED) is 0.325. The highest BCUT2D eigenvalue weighted by Gasteiger charge is 1.97. The van der Waals surface area contributed by atoms with E-state index in [1.807, 2.05) is 0 Å².